The predicted molar refractivity (Wildman–Crippen MR) is 80.7 cm³/mol. The van der Waals surface area contributed by atoms with Crippen LogP contribution < -0.4 is 5.32 Å². The number of carbonyl (C=O) groups is 1. The Bertz CT molecular complexity index is 662. The maximum Gasteiger partial charge on any atom is 0.321 e. The van der Waals surface area contributed by atoms with Gasteiger partial charge in [-0.2, -0.15) is 0 Å². The van der Waals surface area contributed by atoms with E-state index in [1.807, 2.05) is 24.3 Å². The zero-order chi connectivity index (χ0) is 14.1. The fraction of sp³-hybridized carbons (Fsp3) is 0.286. The summed E-state index contributed by atoms with van der Waals surface area (Å²) in [4.78, 5) is 18.0. The van der Waals surface area contributed by atoms with Crippen LogP contribution in [0, 0.1) is 0 Å². The molecule has 2 heterocycles. The highest BCUT2D eigenvalue weighted by molar-refractivity contribution is 9.10. The summed E-state index contributed by atoms with van der Waals surface area (Å²) in [6.07, 6.45) is 1.85. The summed E-state index contributed by atoms with van der Waals surface area (Å²) in [5, 5.41) is 14.2. The second kappa shape index (κ2) is 5.38. The second-order valence-electron chi connectivity index (χ2n) is 4.83. The van der Waals surface area contributed by atoms with Crippen LogP contribution in [0.2, 0.25) is 0 Å². The van der Waals surface area contributed by atoms with Crippen LogP contribution in [0.25, 0.3) is 10.8 Å². The van der Waals surface area contributed by atoms with Gasteiger partial charge in [-0.15, -0.1) is 0 Å². The van der Waals surface area contributed by atoms with E-state index in [1.165, 1.54) is 0 Å². The van der Waals surface area contributed by atoms with E-state index in [1.54, 1.807) is 11.1 Å². The van der Waals surface area contributed by atoms with Crippen molar-refractivity contribution in [3.63, 3.8) is 0 Å². The molecule has 1 aliphatic heterocycles. The molecule has 1 aromatic carbocycles. The normalized spacial score (nSPS) is 18.5. The highest BCUT2D eigenvalue weighted by Crippen LogP contribution is 2.28. The summed E-state index contributed by atoms with van der Waals surface area (Å²) < 4.78 is 0.752. The first-order valence-electron chi connectivity index (χ1n) is 6.42. The van der Waals surface area contributed by atoms with Crippen molar-refractivity contribution in [2.75, 3.05) is 18.4 Å². The van der Waals surface area contributed by atoms with Crippen molar-refractivity contribution in [1.29, 1.82) is 0 Å². The molecular formula is C14H14BrN3O2. The van der Waals surface area contributed by atoms with Crippen LogP contribution in [-0.2, 0) is 0 Å². The van der Waals surface area contributed by atoms with Gasteiger partial charge in [0, 0.05) is 23.9 Å². The molecule has 2 amide bonds. The van der Waals surface area contributed by atoms with Crippen LogP contribution in [0.5, 0.6) is 0 Å². The van der Waals surface area contributed by atoms with Crippen LogP contribution >= 0.6 is 15.9 Å². The zero-order valence-corrected chi connectivity index (χ0v) is 12.3. The van der Waals surface area contributed by atoms with Gasteiger partial charge < -0.3 is 15.3 Å². The summed E-state index contributed by atoms with van der Waals surface area (Å²) in [5.74, 6) is 0. The number of anilines is 1. The Labute approximate surface area is 124 Å². The van der Waals surface area contributed by atoms with Crippen LogP contribution in [0.3, 0.4) is 0 Å². The van der Waals surface area contributed by atoms with Gasteiger partial charge in [0.1, 0.15) is 4.60 Å². The number of amides is 2. The standard InChI is InChI=1S/C14H14BrN3O2/c15-13-11-4-2-1-3-10(11)12(7-16-13)17-14(20)18-6-5-9(19)8-18/h1-4,7,9,19H,5-6,8H2,(H,17,20)/t9-/m0/s1. The average molecular weight is 336 g/mol. The van der Waals surface area contributed by atoms with E-state index in [2.05, 4.69) is 26.2 Å². The van der Waals surface area contributed by atoms with Crippen LogP contribution in [0.15, 0.2) is 35.1 Å². The molecule has 2 aromatic rings. The molecule has 1 atom stereocenters. The smallest absolute Gasteiger partial charge is 0.321 e. The summed E-state index contributed by atoms with van der Waals surface area (Å²) in [6, 6.07) is 7.54. The van der Waals surface area contributed by atoms with Gasteiger partial charge in [0.2, 0.25) is 0 Å². The number of nitrogens with zero attached hydrogens (tertiary/aromatic N) is 2. The average Bonchev–Trinajstić information content (AvgIpc) is 2.89. The molecule has 1 aromatic heterocycles. The lowest BCUT2D eigenvalue weighted by Gasteiger charge is -2.17. The molecule has 0 saturated carbocycles. The lowest BCUT2D eigenvalue weighted by atomic mass is 10.1. The Morgan fingerprint density at radius 2 is 2.15 bits per heavy atom. The molecule has 6 heteroatoms. The Morgan fingerprint density at radius 3 is 2.85 bits per heavy atom. The highest BCUT2D eigenvalue weighted by Gasteiger charge is 2.24. The molecule has 1 fully saturated rings. The maximum atomic E-state index is 12.2. The molecule has 1 saturated heterocycles. The Hall–Kier alpha value is -1.66. The molecule has 0 spiro atoms. The lowest BCUT2D eigenvalue weighted by molar-refractivity contribution is 0.176. The number of aromatic nitrogens is 1. The number of nitrogens with one attached hydrogen (secondary N) is 1. The molecule has 0 bridgehead atoms. The van der Waals surface area contributed by atoms with E-state index >= 15 is 0 Å². The number of carbonyl (C=O) groups excluding carboxylic acids is 1. The van der Waals surface area contributed by atoms with Crippen molar-refractivity contribution in [3.05, 3.63) is 35.1 Å². The van der Waals surface area contributed by atoms with E-state index in [4.69, 9.17) is 0 Å². The molecular weight excluding hydrogens is 322 g/mol. The summed E-state index contributed by atoms with van der Waals surface area (Å²) in [6.45, 7) is 0.961. The Morgan fingerprint density at radius 1 is 1.40 bits per heavy atom. The van der Waals surface area contributed by atoms with E-state index in [0.717, 1.165) is 15.4 Å². The van der Waals surface area contributed by atoms with Gasteiger partial charge in [-0.1, -0.05) is 24.3 Å². The third-order valence-corrected chi connectivity index (χ3v) is 4.07. The first kappa shape index (κ1) is 13.3. The van der Waals surface area contributed by atoms with Crippen LogP contribution in [0.4, 0.5) is 10.5 Å². The third kappa shape index (κ3) is 2.48. The molecule has 0 unspecified atom stereocenters. The third-order valence-electron chi connectivity index (χ3n) is 3.44. The zero-order valence-electron chi connectivity index (χ0n) is 10.7. The van der Waals surface area contributed by atoms with Gasteiger partial charge in [-0.3, -0.25) is 0 Å². The van der Waals surface area contributed by atoms with Gasteiger partial charge >= 0.3 is 6.03 Å². The molecule has 1 aliphatic rings. The van der Waals surface area contributed by atoms with Crippen molar-refractivity contribution in [2.45, 2.75) is 12.5 Å². The first-order valence-corrected chi connectivity index (χ1v) is 7.21. The monoisotopic (exact) mass is 335 g/mol. The Balaban J connectivity index is 1.88. The molecule has 2 N–H and O–H groups in total. The minimum absolute atomic E-state index is 0.198. The van der Waals surface area contributed by atoms with Gasteiger partial charge in [-0.05, 0) is 22.4 Å². The van der Waals surface area contributed by atoms with Crippen molar-refractivity contribution in [2.24, 2.45) is 0 Å². The summed E-state index contributed by atoms with van der Waals surface area (Å²) >= 11 is 3.40. The minimum atomic E-state index is -0.416. The van der Waals surface area contributed by atoms with Gasteiger partial charge in [0.25, 0.3) is 0 Å². The van der Waals surface area contributed by atoms with Crippen molar-refractivity contribution < 1.29 is 9.90 Å². The lowest BCUT2D eigenvalue weighted by Crippen LogP contribution is -2.33. The fourth-order valence-corrected chi connectivity index (χ4v) is 2.83. The summed E-state index contributed by atoms with van der Waals surface area (Å²) in [7, 11) is 0. The number of urea groups is 1. The molecule has 0 aliphatic carbocycles. The second-order valence-corrected chi connectivity index (χ2v) is 5.58. The molecule has 104 valence electrons. The molecule has 20 heavy (non-hydrogen) atoms. The summed E-state index contributed by atoms with van der Waals surface area (Å²) in [5.41, 5.74) is 0.676. The topological polar surface area (TPSA) is 65.5 Å². The number of rotatable bonds is 1. The maximum absolute atomic E-state index is 12.2. The number of fused-ring (bicyclic) bond motifs is 1. The van der Waals surface area contributed by atoms with Gasteiger partial charge in [0.05, 0.1) is 18.0 Å². The molecule has 0 radical (unpaired) electrons. The van der Waals surface area contributed by atoms with E-state index in [9.17, 15) is 9.90 Å². The number of benzene rings is 1. The SMILES string of the molecule is O=C(Nc1cnc(Br)c2ccccc12)N1CC[C@H](O)C1. The van der Waals surface area contributed by atoms with E-state index in [0.29, 0.717) is 25.2 Å². The highest BCUT2D eigenvalue weighted by atomic mass is 79.9. The van der Waals surface area contributed by atoms with Crippen LogP contribution in [0.1, 0.15) is 6.42 Å². The van der Waals surface area contributed by atoms with Crippen molar-refractivity contribution in [3.8, 4) is 0 Å². The number of hydrogen-bond donors (Lipinski definition) is 2. The number of aliphatic hydroxyl groups excluding tert-OH is 1. The van der Waals surface area contributed by atoms with Crippen molar-refractivity contribution in [1.82, 2.24) is 9.88 Å². The van der Waals surface area contributed by atoms with Crippen LogP contribution in [-0.4, -0.2) is 40.2 Å². The number of hydrogen-bond acceptors (Lipinski definition) is 3. The number of β-amino-alcohol motifs (C(OH)–C–C–N with tert-alkyl or cyclic N) is 1. The number of likely N-dealkylation sites (tertiary alicyclic amines) is 1. The van der Waals surface area contributed by atoms with E-state index in [-0.39, 0.29) is 6.03 Å². The Kier molecular flexibility index (Phi) is 3.58. The van der Waals surface area contributed by atoms with Gasteiger partial charge in [0.15, 0.2) is 0 Å². The largest absolute Gasteiger partial charge is 0.391 e. The van der Waals surface area contributed by atoms with E-state index < -0.39 is 6.10 Å². The fourth-order valence-electron chi connectivity index (χ4n) is 2.38. The number of aliphatic hydroxyl groups is 1. The number of pyridine rings is 1. The van der Waals surface area contributed by atoms with Gasteiger partial charge in [-0.25, -0.2) is 9.78 Å². The minimum Gasteiger partial charge on any atom is -0.391 e. The number of halogens is 1. The van der Waals surface area contributed by atoms with Crippen molar-refractivity contribution >= 4 is 38.4 Å². The molecule has 5 nitrogen and oxygen atoms in total. The predicted octanol–water partition coefficient (Wildman–Crippen LogP) is 2.60. The first-order chi connectivity index (χ1) is 9.65. The quantitative estimate of drug-likeness (QED) is 0.787. The molecule has 3 rings (SSSR count).